The Kier molecular flexibility index (Phi) is 4.66. The summed E-state index contributed by atoms with van der Waals surface area (Å²) in [7, 11) is 0. The number of esters is 1. The van der Waals surface area contributed by atoms with Crippen LogP contribution in [0.5, 0.6) is 0 Å². The molecule has 21 heavy (non-hydrogen) atoms. The molecule has 0 fully saturated rings. The summed E-state index contributed by atoms with van der Waals surface area (Å²) in [5.41, 5.74) is 2.37. The van der Waals surface area contributed by atoms with Gasteiger partial charge in [-0.15, -0.1) is 5.10 Å². The molecular formula is C13H19N5O3. The molecule has 0 amide bonds. The third-order valence-electron chi connectivity index (χ3n) is 2.95. The van der Waals surface area contributed by atoms with Gasteiger partial charge in [-0.05, 0) is 26.2 Å². The van der Waals surface area contributed by atoms with Crippen LogP contribution < -0.4 is 0 Å². The number of aromatic nitrogens is 5. The normalized spacial score (nSPS) is 11.1. The summed E-state index contributed by atoms with van der Waals surface area (Å²) in [6, 6.07) is 0. The van der Waals surface area contributed by atoms with Gasteiger partial charge in [-0.25, -0.2) is 14.1 Å². The van der Waals surface area contributed by atoms with Gasteiger partial charge in [0, 0.05) is 0 Å². The molecule has 0 atom stereocenters. The Morgan fingerprint density at radius 2 is 2.14 bits per heavy atom. The second-order valence-corrected chi connectivity index (χ2v) is 5.16. The van der Waals surface area contributed by atoms with Crippen LogP contribution in [0, 0.1) is 12.8 Å². The van der Waals surface area contributed by atoms with E-state index in [0.29, 0.717) is 36.9 Å². The quantitative estimate of drug-likeness (QED) is 0.742. The van der Waals surface area contributed by atoms with Gasteiger partial charge < -0.3 is 4.74 Å². The predicted octanol–water partition coefficient (Wildman–Crippen LogP) is 1.39. The highest BCUT2D eigenvalue weighted by Gasteiger charge is 2.22. The SMILES string of the molecule is CCOC(=O)c1nnn(Cc2nonc2C)c1CC(C)C. The van der Waals surface area contributed by atoms with Crippen molar-refractivity contribution in [1.82, 2.24) is 25.3 Å². The highest BCUT2D eigenvalue weighted by molar-refractivity contribution is 5.88. The third-order valence-corrected chi connectivity index (χ3v) is 2.95. The number of nitrogens with zero attached hydrogens (tertiary/aromatic N) is 5. The average Bonchev–Trinajstić information content (AvgIpc) is 2.98. The van der Waals surface area contributed by atoms with Crippen molar-refractivity contribution < 1.29 is 14.2 Å². The topological polar surface area (TPSA) is 95.9 Å². The summed E-state index contributed by atoms with van der Waals surface area (Å²) in [6.07, 6.45) is 0.672. The fourth-order valence-electron chi connectivity index (χ4n) is 1.94. The largest absolute Gasteiger partial charge is 0.461 e. The molecule has 8 nitrogen and oxygen atoms in total. The van der Waals surface area contributed by atoms with E-state index in [-0.39, 0.29) is 5.69 Å². The summed E-state index contributed by atoms with van der Waals surface area (Å²) in [5.74, 6) is -0.0960. The molecule has 2 heterocycles. The second-order valence-electron chi connectivity index (χ2n) is 5.16. The number of carbonyl (C=O) groups excluding carboxylic acids is 1. The van der Waals surface area contributed by atoms with Crippen LogP contribution in [0.4, 0.5) is 0 Å². The molecule has 0 aliphatic heterocycles. The average molecular weight is 293 g/mol. The molecule has 0 saturated heterocycles. The monoisotopic (exact) mass is 293 g/mol. The third kappa shape index (κ3) is 3.45. The zero-order valence-electron chi connectivity index (χ0n) is 12.7. The number of hydrogen-bond acceptors (Lipinski definition) is 7. The van der Waals surface area contributed by atoms with Gasteiger partial charge in [0.1, 0.15) is 11.4 Å². The van der Waals surface area contributed by atoms with Crippen LogP contribution in [0.3, 0.4) is 0 Å². The van der Waals surface area contributed by atoms with E-state index in [1.165, 1.54) is 0 Å². The minimum Gasteiger partial charge on any atom is -0.461 e. The number of hydrogen-bond donors (Lipinski definition) is 0. The molecule has 0 aliphatic rings. The van der Waals surface area contributed by atoms with Gasteiger partial charge in [0.15, 0.2) is 5.69 Å². The van der Waals surface area contributed by atoms with Crippen molar-refractivity contribution in [1.29, 1.82) is 0 Å². The first kappa shape index (κ1) is 15.1. The van der Waals surface area contributed by atoms with Gasteiger partial charge in [-0.3, -0.25) is 0 Å². The van der Waals surface area contributed by atoms with Gasteiger partial charge >= 0.3 is 5.97 Å². The van der Waals surface area contributed by atoms with Crippen molar-refractivity contribution in [2.75, 3.05) is 6.61 Å². The van der Waals surface area contributed by atoms with E-state index >= 15 is 0 Å². The van der Waals surface area contributed by atoms with Crippen molar-refractivity contribution >= 4 is 5.97 Å². The van der Waals surface area contributed by atoms with Crippen molar-refractivity contribution in [2.45, 2.75) is 40.7 Å². The number of ether oxygens (including phenoxy) is 1. The van der Waals surface area contributed by atoms with Gasteiger partial charge in [0.05, 0.1) is 18.8 Å². The Hall–Kier alpha value is -2.25. The molecule has 2 rings (SSSR count). The summed E-state index contributed by atoms with van der Waals surface area (Å²) in [6.45, 7) is 8.36. The second kappa shape index (κ2) is 6.47. The Labute approximate surface area is 122 Å². The highest BCUT2D eigenvalue weighted by atomic mass is 16.6. The van der Waals surface area contributed by atoms with Crippen molar-refractivity contribution in [3.63, 3.8) is 0 Å². The maximum Gasteiger partial charge on any atom is 0.360 e. The molecule has 2 aromatic rings. The lowest BCUT2D eigenvalue weighted by atomic mass is 10.1. The molecule has 8 heteroatoms. The number of rotatable bonds is 6. The fraction of sp³-hybridized carbons (Fsp3) is 0.615. The molecule has 0 bridgehead atoms. The molecule has 0 aliphatic carbocycles. The van der Waals surface area contributed by atoms with Gasteiger partial charge in [-0.1, -0.05) is 29.4 Å². The van der Waals surface area contributed by atoms with Crippen LogP contribution in [-0.4, -0.2) is 37.9 Å². The molecule has 0 aromatic carbocycles. The standard InChI is InChI=1S/C13H19N5O3/c1-5-20-13(19)12-11(6-8(2)3)18(17-14-12)7-10-9(4)15-21-16-10/h8H,5-7H2,1-4H3. The van der Waals surface area contributed by atoms with Crippen molar-refractivity contribution in [3.05, 3.63) is 22.8 Å². The van der Waals surface area contributed by atoms with Crippen LogP contribution in [-0.2, 0) is 17.7 Å². The van der Waals surface area contributed by atoms with Crippen LogP contribution in [0.15, 0.2) is 4.63 Å². The summed E-state index contributed by atoms with van der Waals surface area (Å²) >= 11 is 0. The number of aryl methyl sites for hydroxylation is 1. The van der Waals surface area contributed by atoms with Crippen LogP contribution in [0.1, 0.15) is 48.3 Å². The van der Waals surface area contributed by atoms with Gasteiger partial charge in [-0.2, -0.15) is 0 Å². The zero-order chi connectivity index (χ0) is 15.4. The molecule has 0 unspecified atom stereocenters. The minimum absolute atomic E-state index is 0.264. The lowest BCUT2D eigenvalue weighted by Crippen LogP contribution is -2.14. The molecule has 0 radical (unpaired) electrons. The van der Waals surface area contributed by atoms with E-state index in [4.69, 9.17) is 4.74 Å². The summed E-state index contributed by atoms with van der Waals surface area (Å²) < 4.78 is 11.4. The van der Waals surface area contributed by atoms with Crippen molar-refractivity contribution in [2.24, 2.45) is 5.92 Å². The molecule has 0 saturated carbocycles. The Morgan fingerprint density at radius 1 is 1.38 bits per heavy atom. The van der Waals surface area contributed by atoms with Crippen molar-refractivity contribution in [3.8, 4) is 0 Å². The van der Waals surface area contributed by atoms with E-state index in [0.717, 1.165) is 5.69 Å². The molecule has 0 N–H and O–H groups in total. The Bertz CT molecular complexity index is 617. The number of carbonyl (C=O) groups is 1. The minimum atomic E-state index is -0.450. The fourth-order valence-corrected chi connectivity index (χ4v) is 1.94. The lowest BCUT2D eigenvalue weighted by Gasteiger charge is -2.09. The van der Waals surface area contributed by atoms with Gasteiger partial charge in [0.2, 0.25) is 0 Å². The zero-order valence-corrected chi connectivity index (χ0v) is 12.7. The predicted molar refractivity (Wildman–Crippen MR) is 72.7 cm³/mol. The maximum atomic E-state index is 11.9. The first-order chi connectivity index (χ1) is 10.0. The Morgan fingerprint density at radius 3 is 2.71 bits per heavy atom. The molecule has 2 aromatic heterocycles. The lowest BCUT2D eigenvalue weighted by molar-refractivity contribution is 0.0517. The first-order valence-corrected chi connectivity index (χ1v) is 6.90. The van der Waals surface area contributed by atoms with E-state index in [1.54, 1.807) is 18.5 Å². The van der Waals surface area contributed by atoms with Gasteiger partial charge in [0.25, 0.3) is 0 Å². The van der Waals surface area contributed by atoms with Crippen LogP contribution >= 0.6 is 0 Å². The summed E-state index contributed by atoms with van der Waals surface area (Å²) in [5, 5.41) is 15.6. The van der Waals surface area contributed by atoms with Crippen LogP contribution in [0.25, 0.3) is 0 Å². The van der Waals surface area contributed by atoms with E-state index in [1.807, 2.05) is 0 Å². The maximum absolute atomic E-state index is 11.9. The van der Waals surface area contributed by atoms with Crippen LogP contribution in [0.2, 0.25) is 0 Å². The summed E-state index contributed by atoms with van der Waals surface area (Å²) in [4.78, 5) is 11.9. The Balaban J connectivity index is 2.32. The van der Waals surface area contributed by atoms with E-state index in [9.17, 15) is 4.79 Å². The molecule has 114 valence electrons. The van der Waals surface area contributed by atoms with E-state index < -0.39 is 5.97 Å². The van der Waals surface area contributed by atoms with E-state index in [2.05, 4.69) is 39.1 Å². The molecule has 0 spiro atoms. The first-order valence-electron chi connectivity index (χ1n) is 6.90. The highest BCUT2D eigenvalue weighted by Crippen LogP contribution is 2.15. The smallest absolute Gasteiger partial charge is 0.360 e. The molecular weight excluding hydrogens is 274 g/mol.